The van der Waals surface area contributed by atoms with Crippen molar-refractivity contribution >= 4 is 6.08 Å². The summed E-state index contributed by atoms with van der Waals surface area (Å²) in [4.78, 5) is 4.40. The predicted octanol–water partition coefficient (Wildman–Crippen LogP) is 5.73. The van der Waals surface area contributed by atoms with Crippen molar-refractivity contribution in [2.45, 2.75) is 5.92 Å². The fourth-order valence-corrected chi connectivity index (χ4v) is 2.53. The Bertz CT molecular complexity index is 788. The van der Waals surface area contributed by atoms with E-state index >= 15 is 0 Å². The third-order valence-corrected chi connectivity index (χ3v) is 3.80. The van der Waals surface area contributed by atoms with E-state index in [1.165, 1.54) is 11.1 Å². The van der Waals surface area contributed by atoms with Crippen LogP contribution in [0.15, 0.2) is 97.9 Å². The summed E-state index contributed by atoms with van der Waals surface area (Å²) in [5.41, 5.74) is 4.64. The summed E-state index contributed by atoms with van der Waals surface area (Å²) in [7, 11) is 0. The Labute approximate surface area is 137 Å². The van der Waals surface area contributed by atoms with Crippen LogP contribution in [0.4, 0.5) is 0 Å². The minimum atomic E-state index is 0.145. The lowest BCUT2D eigenvalue weighted by Gasteiger charge is -2.10. The fourth-order valence-electron chi connectivity index (χ4n) is 2.53. The molecule has 1 heterocycles. The van der Waals surface area contributed by atoms with Gasteiger partial charge in [-0.2, -0.15) is 0 Å². The Kier molecular flexibility index (Phi) is 4.80. The van der Waals surface area contributed by atoms with Gasteiger partial charge < -0.3 is 0 Å². The van der Waals surface area contributed by atoms with Crippen molar-refractivity contribution in [3.05, 3.63) is 109 Å². The Morgan fingerprint density at radius 1 is 0.826 bits per heavy atom. The Hall–Kier alpha value is -2.93. The smallest absolute Gasteiger partial charge is 0.0346 e. The number of aromatic nitrogens is 1. The number of nitrogens with zero attached hydrogens (tertiary/aromatic N) is 1. The first-order valence-electron chi connectivity index (χ1n) is 7.73. The standard InChI is InChI=1S/C22H19N/c1-2-19(14-13-18-9-5-3-6-10-18)21-15-22(17-23-16-21)20-11-7-4-8-12-20/h2-17,19H,1H2/b14-13+/t19-/m1/s1. The number of hydrogen-bond acceptors (Lipinski definition) is 1. The summed E-state index contributed by atoms with van der Waals surface area (Å²) >= 11 is 0. The molecule has 0 unspecified atom stereocenters. The van der Waals surface area contributed by atoms with Crippen LogP contribution in [-0.4, -0.2) is 4.98 Å². The molecule has 0 N–H and O–H groups in total. The van der Waals surface area contributed by atoms with Crippen LogP contribution >= 0.6 is 0 Å². The number of pyridine rings is 1. The molecule has 0 spiro atoms. The van der Waals surface area contributed by atoms with Gasteiger partial charge in [-0.25, -0.2) is 0 Å². The number of hydrogen-bond donors (Lipinski definition) is 0. The molecule has 0 saturated heterocycles. The van der Waals surface area contributed by atoms with E-state index < -0.39 is 0 Å². The fraction of sp³-hybridized carbons (Fsp3) is 0.0455. The van der Waals surface area contributed by atoms with Crippen LogP contribution in [-0.2, 0) is 0 Å². The predicted molar refractivity (Wildman–Crippen MR) is 98.1 cm³/mol. The van der Waals surface area contributed by atoms with Gasteiger partial charge >= 0.3 is 0 Å². The van der Waals surface area contributed by atoms with E-state index in [4.69, 9.17) is 0 Å². The maximum atomic E-state index is 4.40. The molecular weight excluding hydrogens is 278 g/mol. The molecule has 1 aromatic heterocycles. The zero-order valence-electron chi connectivity index (χ0n) is 13.0. The summed E-state index contributed by atoms with van der Waals surface area (Å²) in [6.07, 6.45) is 10.1. The largest absolute Gasteiger partial charge is 0.264 e. The molecule has 0 radical (unpaired) electrons. The molecule has 1 heteroatoms. The van der Waals surface area contributed by atoms with Gasteiger partial charge in [0.05, 0.1) is 0 Å². The lowest BCUT2D eigenvalue weighted by atomic mass is 9.96. The van der Waals surface area contributed by atoms with Crippen LogP contribution in [0.5, 0.6) is 0 Å². The second-order valence-electron chi connectivity index (χ2n) is 5.40. The number of benzene rings is 2. The Morgan fingerprint density at radius 3 is 2.22 bits per heavy atom. The highest BCUT2D eigenvalue weighted by Crippen LogP contribution is 2.25. The molecule has 0 aliphatic carbocycles. The van der Waals surface area contributed by atoms with Crippen molar-refractivity contribution in [1.29, 1.82) is 0 Å². The molecule has 1 atom stereocenters. The zero-order valence-corrected chi connectivity index (χ0v) is 13.0. The molecule has 112 valence electrons. The van der Waals surface area contributed by atoms with E-state index in [9.17, 15) is 0 Å². The highest BCUT2D eigenvalue weighted by Gasteiger charge is 2.06. The van der Waals surface area contributed by atoms with Crippen molar-refractivity contribution < 1.29 is 0 Å². The Morgan fingerprint density at radius 2 is 1.52 bits per heavy atom. The van der Waals surface area contributed by atoms with Gasteiger partial charge in [0.15, 0.2) is 0 Å². The molecule has 3 aromatic rings. The molecule has 0 bridgehead atoms. The molecule has 1 nitrogen and oxygen atoms in total. The average Bonchev–Trinajstić information content (AvgIpc) is 2.64. The molecule has 23 heavy (non-hydrogen) atoms. The summed E-state index contributed by atoms with van der Waals surface area (Å²) < 4.78 is 0. The van der Waals surface area contributed by atoms with Gasteiger partial charge in [0.2, 0.25) is 0 Å². The second-order valence-corrected chi connectivity index (χ2v) is 5.40. The van der Waals surface area contributed by atoms with Gasteiger partial charge in [0.1, 0.15) is 0 Å². The van der Waals surface area contributed by atoms with E-state index in [2.05, 4.69) is 54.0 Å². The second kappa shape index (κ2) is 7.37. The molecule has 3 rings (SSSR count). The summed E-state index contributed by atoms with van der Waals surface area (Å²) in [6.45, 7) is 3.97. The topological polar surface area (TPSA) is 12.9 Å². The van der Waals surface area contributed by atoms with Gasteiger partial charge in [-0.15, -0.1) is 6.58 Å². The maximum absolute atomic E-state index is 4.40. The quantitative estimate of drug-likeness (QED) is 0.548. The molecule has 0 aliphatic rings. The summed E-state index contributed by atoms with van der Waals surface area (Å²) in [5, 5.41) is 0. The highest BCUT2D eigenvalue weighted by atomic mass is 14.6. The van der Waals surface area contributed by atoms with Crippen LogP contribution in [0.3, 0.4) is 0 Å². The third kappa shape index (κ3) is 3.83. The van der Waals surface area contributed by atoms with Crippen molar-refractivity contribution in [3.63, 3.8) is 0 Å². The minimum absolute atomic E-state index is 0.145. The monoisotopic (exact) mass is 297 g/mol. The third-order valence-electron chi connectivity index (χ3n) is 3.80. The van der Waals surface area contributed by atoms with Crippen molar-refractivity contribution in [3.8, 4) is 11.1 Å². The molecule has 0 fully saturated rings. The summed E-state index contributed by atoms with van der Waals surface area (Å²) in [5.74, 6) is 0.145. The van der Waals surface area contributed by atoms with Crippen LogP contribution in [0.2, 0.25) is 0 Å². The van der Waals surface area contributed by atoms with E-state index in [0.29, 0.717) is 0 Å². The van der Waals surface area contributed by atoms with E-state index in [1.807, 2.05) is 54.9 Å². The first-order valence-corrected chi connectivity index (χ1v) is 7.73. The lowest BCUT2D eigenvalue weighted by Crippen LogP contribution is -1.93. The van der Waals surface area contributed by atoms with Gasteiger partial charge in [-0.3, -0.25) is 4.98 Å². The van der Waals surface area contributed by atoms with Gasteiger partial charge in [0.25, 0.3) is 0 Å². The minimum Gasteiger partial charge on any atom is -0.264 e. The highest BCUT2D eigenvalue weighted by molar-refractivity contribution is 5.63. The van der Waals surface area contributed by atoms with Crippen LogP contribution in [0, 0.1) is 0 Å². The van der Waals surface area contributed by atoms with Crippen LogP contribution in [0.25, 0.3) is 17.2 Å². The van der Waals surface area contributed by atoms with E-state index in [0.717, 1.165) is 11.1 Å². The van der Waals surface area contributed by atoms with E-state index in [-0.39, 0.29) is 5.92 Å². The normalized spacial score (nSPS) is 12.2. The maximum Gasteiger partial charge on any atom is 0.0346 e. The van der Waals surface area contributed by atoms with Crippen LogP contribution in [0.1, 0.15) is 17.0 Å². The number of allylic oxidation sites excluding steroid dienone is 2. The van der Waals surface area contributed by atoms with Crippen LogP contribution < -0.4 is 0 Å². The Balaban J connectivity index is 1.87. The first-order chi connectivity index (χ1) is 11.4. The van der Waals surface area contributed by atoms with E-state index in [1.54, 1.807) is 0 Å². The molecule has 0 saturated carbocycles. The molecule has 2 aromatic carbocycles. The molecular formula is C22H19N. The average molecular weight is 297 g/mol. The first kappa shape index (κ1) is 15.0. The molecule has 0 amide bonds. The lowest BCUT2D eigenvalue weighted by molar-refractivity contribution is 1.07. The van der Waals surface area contributed by atoms with Gasteiger partial charge in [-0.1, -0.05) is 78.9 Å². The van der Waals surface area contributed by atoms with Crippen molar-refractivity contribution in [2.24, 2.45) is 0 Å². The van der Waals surface area contributed by atoms with Gasteiger partial charge in [0, 0.05) is 23.9 Å². The number of rotatable bonds is 5. The SMILES string of the molecule is C=C[C@H](/C=C/c1ccccc1)c1cncc(-c2ccccc2)c1. The van der Waals surface area contributed by atoms with Crippen molar-refractivity contribution in [1.82, 2.24) is 4.98 Å². The zero-order chi connectivity index (χ0) is 15.9. The van der Waals surface area contributed by atoms with Gasteiger partial charge in [-0.05, 0) is 22.8 Å². The molecule has 0 aliphatic heterocycles. The van der Waals surface area contributed by atoms with Crippen molar-refractivity contribution in [2.75, 3.05) is 0 Å². The summed E-state index contributed by atoms with van der Waals surface area (Å²) in [6, 6.07) is 22.8.